The van der Waals surface area contributed by atoms with E-state index < -0.39 is 0 Å². The molecule has 1 aliphatic rings. The molecular weight excluding hydrogens is 324 g/mol. The van der Waals surface area contributed by atoms with Crippen molar-refractivity contribution >= 4 is 16.8 Å². The summed E-state index contributed by atoms with van der Waals surface area (Å²) >= 11 is 0. The summed E-state index contributed by atoms with van der Waals surface area (Å²) in [5.41, 5.74) is 4.44. The van der Waals surface area contributed by atoms with Crippen molar-refractivity contribution in [3.05, 3.63) is 65.4 Å². The maximum atomic E-state index is 13.1. The van der Waals surface area contributed by atoms with Gasteiger partial charge in [-0.05, 0) is 49.1 Å². The molecule has 0 saturated heterocycles. The number of hydrogen-bond acceptors (Lipinski definition) is 2. The molecule has 0 spiro atoms. The molecule has 1 saturated carbocycles. The van der Waals surface area contributed by atoms with Crippen LogP contribution in [0.2, 0.25) is 0 Å². The van der Waals surface area contributed by atoms with Crippen LogP contribution in [0.25, 0.3) is 10.9 Å². The zero-order valence-electron chi connectivity index (χ0n) is 15.3. The average molecular weight is 348 g/mol. The molecule has 1 aliphatic carbocycles. The summed E-state index contributed by atoms with van der Waals surface area (Å²) in [5.74, 6) is 1.05. The topological polar surface area (TPSA) is 45.3 Å². The van der Waals surface area contributed by atoms with E-state index in [9.17, 15) is 4.79 Å². The van der Waals surface area contributed by atoms with Crippen molar-refractivity contribution < 1.29 is 9.53 Å². The zero-order valence-corrected chi connectivity index (χ0v) is 15.3. The third-order valence-corrected chi connectivity index (χ3v) is 5.17. The fourth-order valence-electron chi connectivity index (χ4n) is 3.55. The van der Waals surface area contributed by atoms with Crippen molar-refractivity contribution in [2.24, 2.45) is 0 Å². The van der Waals surface area contributed by atoms with Crippen LogP contribution in [-0.4, -0.2) is 28.9 Å². The summed E-state index contributed by atoms with van der Waals surface area (Å²) in [6.07, 6.45) is 2.66. The Balaban J connectivity index is 1.54. The Kier molecular flexibility index (Phi) is 4.41. The van der Waals surface area contributed by atoms with Gasteiger partial charge in [-0.3, -0.25) is 4.79 Å². The van der Waals surface area contributed by atoms with Gasteiger partial charge in [0.1, 0.15) is 5.75 Å². The lowest BCUT2D eigenvalue weighted by Crippen LogP contribution is -2.33. The lowest BCUT2D eigenvalue weighted by molar-refractivity contribution is -0.131. The van der Waals surface area contributed by atoms with Gasteiger partial charge in [-0.2, -0.15) is 0 Å². The number of amides is 1. The number of carbonyl (C=O) groups excluding carboxylic acids is 1. The van der Waals surface area contributed by atoms with Crippen molar-refractivity contribution in [1.82, 2.24) is 9.88 Å². The highest BCUT2D eigenvalue weighted by Gasteiger charge is 2.32. The van der Waals surface area contributed by atoms with E-state index in [1.54, 1.807) is 7.11 Å². The van der Waals surface area contributed by atoms with Gasteiger partial charge in [-0.25, -0.2) is 0 Å². The number of ether oxygens (including phenoxy) is 1. The van der Waals surface area contributed by atoms with Gasteiger partial charge in [-0.1, -0.05) is 30.3 Å². The molecule has 1 N–H and O–H groups in total. The SMILES string of the molecule is COc1ccc(CN(C(=O)Cc2c(C)[nH]c3ccccc23)C2CC2)cc1. The lowest BCUT2D eigenvalue weighted by atomic mass is 10.1. The minimum atomic E-state index is 0.205. The molecule has 2 aromatic carbocycles. The number of nitrogens with zero attached hydrogens (tertiary/aromatic N) is 1. The Morgan fingerprint density at radius 3 is 2.58 bits per heavy atom. The van der Waals surface area contributed by atoms with Crippen LogP contribution in [0.4, 0.5) is 0 Å². The fraction of sp³-hybridized carbons (Fsp3) is 0.318. The van der Waals surface area contributed by atoms with Crippen molar-refractivity contribution in [2.75, 3.05) is 7.11 Å². The number of aryl methyl sites for hydroxylation is 1. The van der Waals surface area contributed by atoms with Crippen LogP contribution < -0.4 is 4.74 Å². The van der Waals surface area contributed by atoms with Gasteiger partial charge in [-0.15, -0.1) is 0 Å². The van der Waals surface area contributed by atoms with Crippen LogP contribution >= 0.6 is 0 Å². The zero-order chi connectivity index (χ0) is 18.1. The first-order valence-corrected chi connectivity index (χ1v) is 9.14. The molecule has 0 atom stereocenters. The second-order valence-corrected chi connectivity index (χ2v) is 7.05. The molecule has 134 valence electrons. The molecule has 1 amide bonds. The van der Waals surface area contributed by atoms with Crippen LogP contribution in [0.5, 0.6) is 5.75 Å². The van der Waals surface area contributed by atoms with Crippen LogP contribution in [-0.2, 0) is 17.8 Å². The van der Waals surface area contributed by atoms with Gasteiger partial charge < -0.3 is 14.6 Å². The number of fused-ring (bicyclic) bond motifs is 1. The lowest BCUT2D eigenvalue weighted by Gasteiger charge is -2.23. The predicted molar refractivity (Wildman–Crippen MR) is 103 cm³/mol. The summed E-state index contributed by atoms with van der Waals surface area (Å²) in [4.78, 5) is 18.5. The van der Waals surface area contributed by atoms with E-state index in [2.05, 4.69) is 17.1 Å². The average Bonchev–Trinajstić information content (AvgIpc) is 3.45. The van der Waals surface area contributed by atoms with Gasteiger partial charge in [0.2, 0.25) is 5.91 Å². The van der Waals surface area contributed by atoms with E-state index in [0.29, 0.717) is 19.0 Å². The Morgan fingerprint density at radius 1 is 1.15 bits per heavy atom. The van der Waals surface area contributed by atoms with Crippen molar-refractivity contribution in [3.8, 4) is 5.75 Å². The van der Waals surface area contributed by atoms with E-state index >= 15 is 0 Å². The maximum Gasteiger partial charge on any atom is 0.227 e. The van der Waals surface area contributed by atoms with E-state index in [1.807, 2.05) is 48.2 Å². The molecule has 3 aromatic rings. The molecule has 0 unspecified atom stereocenters. The third-order valence-electron chi connectivity index (χ3n) is 5.17. The number of rotatable bonds is 6. The molecule has 4 heteroatoms. The third kappa shape index (κ3) is 3.32. The highest BCUT2D eigenvalue weighted by atomic mass is 16.5. The molecule has 0 radical (unpaired) electrons. The summed E-state index contributed by atoms with van der Waals surface area (Å²) in [7, 11) is 1.67. The number of para-hydroxylation sites is 1. The van der Waals surface area contributed by atoms with E-state index in [4.69, 9.17) is 4.74 Å². The predicted octanol–water partition coefficient (Wildman–Crippen LogP) is 4.22. The normalized spacial score (nSPS) is 13.8. The number of nitrogens with one attached hydrogen (secondary N) is 1. The van der Waals surface area contributed by atoms with Gasteiger partial charge >= 0.3 is 0 Å². The second kappa shape index (κ2) is 6.87. The van der Waals surface area contributed by atoms with Crippen LogP contribution in [0.1, 0.15) is 29.7 Å². The number of carbonyl (C=O) groups is 1. The maximum absolute atomic E-state index is 13.1. The molecule has 4 nitrogen and oxygen atoms in total. The highest BCUT2D eigenvalue weighted by molar-refractivity contribution is 5.90. The first-order chi connectivity index (χ1) is 12.7. The van der Waals surface area contributed by atoms with Crippen molar-refractivity contribution in [2.45, 2.75) is 38.8 Å². The van der Waals surface area contributed by atoms with Gasteiger partial charge in [0.05, 0.1) is 13.5 Å². The number of hydrogen-bond donors (Lipinski definition) is 1. The Morgan fingerprint density at radius 2 is 1.88 bits per heavy atom. The van der Waals surface area contributed by atoms with Crippen molar-refractivity contribution in [3.63, 3.8) is 0 Å². The van der Waals surface area contributed by atoms with Gasteiger partial charge in [0.15, 0.2) is 0 Å². The summed E-state index contributed by atoms with van der Waals surface area (Å²) in [5, 5.41) is 1.15. The second-order valence-electron chi connectivity index (χ2n) is 7.05. The molecular formula is C22H24N2O2. The molecule has 1 fully saturated rings. The monoisotopic (exact) mass is 348 g/mol. The number of aromatic amines is 1. The number of H-pyrrole nitrogens is 1. The van der Waals surface area contributed by atoms with E-state index in [1.165, 1.54) is 0 Å². The summed E-state index contributed by atoms with van der Waals surface area (Å²) < 4.78 is 5.22. The molecule has 0 aliphatic heterocycles. The number of aromatic nitrogens is 1. The Bertz CT molecular complexity index is 923. The molecule has 0 bridgehead atoms. The van der Waals surface area contributed by atoms with E-state index in [0.717, 1.165) is 46.3 Å². The number of benzene rings is 2. The fourth-order valence-corrected chi connectivity index (χ4v) is 3.55. The quantitative estimate of drug-likeness (QED) is 0.725. The Labute approximate surface area is 153 Å². The highest BCUT2D eigenvalue weighted by Crippen LogP contribution is 2.30. The largest absolute Gasteiger partial charge is 0.497 e. The smallest absolute Gasteiger partial charge is 0.227 e. The molecule has 1 aromatic heterocycles. The standard InChI is InChI=1S/C22H24N2O2/c1-15-20(19-5-3-4-6-21(19)23-15)13-22(25)24(17-9-10-17)14-16-7-11-18(26-2)12-8-16/h3-8,11-12,17,23H,9-10,13-14H2,1-2H3. The minimum absolute atomic E-state index is 0.205. The molecule has 26 heavy (non-hydrogen) atoms. The number of methoxy groups -OCH3 is 1. The molecule has 1 heterocycles. The first-order valence-electron chi connectivity index (χ1n) is 9.14. The van der Waals surface area contributed by atoms with Crippen LogP contribution in [0.3, 0.4) is 0 Å². The molecule has 4 rings (SSSR count). The Hall–Kier alpha value is -2.75. The summed E-state index contributed by atoms with van der Waals surface area (Å²) in [6, 6.07) is 16.6. The van der Waals surface area contributed by atoms with Gasteiger partial charge in [0, 0.05) is 29.2 Å². The van der Waals surface area contributed by atoms with Crippen molar-refractivity contribution in [1.29, 1.82) is 0 Å². The van der Waals surface area contributed by atoms with E-state index in [-0.39, 0.29) is 5.91 Å². The van der Waals surface area contributed by atoms with Crippen LogP contribution in [0.15, 0.2) is 48.5 Å². The van der Waals surface area contributed by atoms with Gasteiger partial charge in [0.25, 0.3) is 0 Å². The minimum Gasteiger partial charge on any atom is -0.497 e. The first kappa shape index (κ1) is 16.7. The van der Waals surface area contributed by atoms with Crippen LogP contribution in [0, 0.1) is 6.92 Å². The summed E-state index contributed by atoms with van der Waals surface area (Å²) in [6.45, 7) is 2.71.